The zero-order valence-corrected chi connectivity index (χ0v) is 22.0. The van der Waals surface area contributed by atoms with E-state index in [-0.39, 0.29) is 17.8 Å². The molecule has 1 saturated carbocycles. The summed E-state index contributed by atoms with van der Waals surface area (Å²) in [5.41, 5.74) is 2.38. The van der Waals surface area contributed by atoms with Crippen molar-refractivity contribution in [2.24, 2.45) is 0 Å². The summed E-state index contributed by atoms with van der Waals surface area (Å²) in [4.78, 5) is 5.04. The number of rotatable bonds is 12. The highest BCUT2D eigenvalue weighted by molar-refractivity contribution is 7.89. The Labute approximate surface area is 214 Å². The van der Waals surface area contributed by atoms with Crippen molar-refractivity contribution in [2.75, 3.05) is 38.5 Å². The lowest BCUT2D eigenvalue weighted by molar-refractivity contribution is 0.108. The van der Waals surface area contributed by atoms with Gasteiger partial charge in [0, 0.05) is 42.3 Å². The number of nitrogens with one attached hydrogen (secondary N) is 1. The van der Waals surface area contributed by atoms with E-state index in [0.29, 0.717) is 0 Å². The summed E-state index contributed by atoms with van der Waals surface area (Å²) in [5.74, 6) is 0.260. The van der Waals surface area contributed by atoms with Crippen LogP contribution in [0, 0.1) is 0 Å². The summed E-state index contributed by atoms with van der Waals surface area (Å²) in [6, 6.07) is 16.6. The summed E-state index contributed by atoms with van der Waals surface area (Å²) >= 11 is 12.6. The maximum absolute atomic E-state index is 12.0. The normalized spacial score (nSPS) is 18.0. The molecule has 1 heterocycles. The van der Waals surface area contributed by atoms with Crippen molar-refractivity contribution in [3.63, 3.8) is 0 Å². The molecule has 4 rings (SSSR count). The number of halogens is 2. The van der Waals surface area contributed by atoms with Crippen LogP contribution in [-0.2, 0) is 10.0 Å². The zero-order chi connectivity index (χ0) is 24.0. The molecule has 0 amide bonds. The second-order valence-electron chi connectivity index (χ2n) is 9.52. The smallest absolute Gasteiger partial charge is 0.211 e. The molecular formula is C26H35Cl2N3O2S. The summed E-state index contributed by atoms with van der Waals surface area (Å²) in [5, 5.41) is 1.50. The molecule has 186 valence electrons. The first-order valence-electron chi connectivity index (χ1n) is 12.4. The van der Waals surface area contributed by atoms with Gasteiger partial charge in [-0.2, -0.15) is 0 Å². The van der Waals surface area contributed by atoms with Crippen LogP contribution in [0.2, 0.25) is 10.0 Å². The first-order valence-corrected chi connectivity index (χ1v) is 14.8. The van der Waals surface area contributed by atoms with E-state index in [2.05, 4.69) is 38.8 Å². The molecule has 0 spiro atoms. The van der Waals surface area contributed by atoms with Gasteiger partial charge in [-0.25, -0.2) is 13.1 Å². The highest BCUT2D eigenvalue weighted by atomic mass is 35.5. The predicted octanol–water partition coefficient (Wildman–Crippen LogP) is 5.34. The summed E-state index contributed by atoms with van der Waals surface area (Å²) in [6.45, 7) is 5.08. The molecular weight excluding hydrogens is 489 g/mol. The van der Waals surface area contributed by atoms with Crippen LogP contribution in [0.25, 0.3) is 0 Å². The first-order chi connectivity index (χ1) is 16.4. The molecule has 8 heteroatoms. The molecule has 0 radical (unpaired) electrons. The Morgan fingerprint density at radius 2 is 1.44 bits per heavy atom. The fourth-order valence-electron chi connectivity index (χ4n) is 4.71. The SMILES string of the molecule is O=S(=O)(CCCCCCN1CCN(C(c2cccc(Cl)c2)c2cccc(Cl)c2)CC1)NC1CC1. The fourth-order valence-corrected chi connectivity index (χ4v) is 6.55. The van der Waals surface area contributed by atoms with Crippen molar-refractivity contribution in [3.8, 4) is 0 Å². The van der Waals surface area contributed by atoms with E-state index in [1.807, 2.05) is 24.3 Å². The van der Waals surface area contributed by atoms with Gasteiger partial charge >= 0.3 is 0 Å². The molecule has 1 aliphatic heterocycles. The average molecular weight is 525 g/mol. The van der Waals surface area contributed by atoms with Crippen molar-refractivity contribution >= 4 is 33.2 Å². The van der Waals surface area contributed by atoms with Gasteiger partial charge in [0.15, 0.2) is 0 Å². The van der Waals surface area contributed by atoms with Gasteiger partial charge in [-0.3, -0.25) is 4.90 Å². The van der Waals surface area contributed by atoms with E-state index >= 15 is 0 Å². The number of sulfonamides is 1. The second-order valence-corrected chi connectivity index (χ2v) is 12.3. The van der Waals surface area contributed by atoms with E-state index < -0.39 is 10.0 Å². The van der Waals surface area contributed by atoms with Crippen molar-refractivity contribution in [2.45, 2.75) is 50.6 Å². The Bertz CT molecular complexity index is 992. The second kappa shape index (κ2) is 12.2. The van der Waals surface area contributed by atoms with Crippen LogP contribution < -0.4 is 4.72 Å². The van der Waals surface area contributed by atoms with Crippen molar-refractivity contribution in [1.29, 1.82) is 0 Å². The standard InChI is InChI=1S/C26H35Cl2N3O2S/c27-23-9-5-7-21(19-23)26(22-8-6-10-24(28)20-22)31-16-14-30(15-17-31)13-3-1-2-4-18-34(32,33)29-25-11-12-25/h5-10,19-20,25-26,29H,1-4,11-18H2. The summed E-state index contributed by atoms with van der Waals surface area (Å²) in [6.07, 6.45) is 5.89. The highest BCUT2D eigenvalue weighted by Gasteiger charge is 2.27. The van der Waals surface area contributed by atoms with E-state index in [0.717, 1.165) is 81.3 Å². The summed E-state index contributed by atoms with van der Waals surface area (Å²) < 4.78 is 26.7. The minimum atomic E-state index is -3.07. The molecule has 1 N–H and O–H groups in total. The van der Waals surface area contributed by atoms with Crippen LogP contribution in [0.15, 0.2) is 48.5 Å². The highest BCUT2D eigenvalue weighted by Crippen LogP contribution is 2.32. The monoisotopic (exact) mass is 523 g/mol. The molecule has 1 aliphatic carbocycles. The van der Waals surface area contributed by atoms with Crippen molar-refractivity contribution in [1.82, 2.24) is 14.5 Å². The number of piperazine rings is 1. The third-order valence-electron chi connectivity index (χ3n) is 6.66. The lowest BCUT2D eigenvalue weighted by atomic mass is 9.96. The van der Waals surface area contributed by atoms with Crippen molar-refractivity contribution in [3.05, 3.63) is 69.7 Å². The number of unbranched alkanes of at least 4 members (excludes halogenated alkanes) is 3. The van der Waals surface area contributed by atoms with E-state index in [4.69, 9.17) is 23.2 Å². The Kier molecular flexibility index (Phi) is 9.30. The zero-order valence-electron chi connectivity index (χ0n) is 19.6. The Hall–Kier alpha value is -1.15. The minimum Gasteiger partial charge on any atom is -0.301 e. The van der Waals surface area contributed by atoms with Crippen LogP contribution in [0.1, 0.15) is 55.7 Å². The maximum Gasteiger partial charge on any atom is 0.211 e. The molecule has 0 bridgehead atoms. The van der Waals surface area contributed by atoms with Gasteiger partial charge in [-0.05, 0) is 67.6 Å². The minimum absolute atomic E-state index is 0.130. The van der Waals surface area contributed by atoms with Crippen molar-refractivity contribution < 1.29 is 8.42 Å². The number of nitrogens with zero attached hydrogens (tertiary/aromatic N) is 2. The number of benzene rings is 2. The van der Waals surface area contributed by atoms with Gasteiger partial charge in [0.1, 0.15) is 0 Å². The van der Waals surface area contributed by atoms with Gasteiger partial charge in [-0.1, -0.05) is 60.3 Å². The van der Waals surface area contributed by atoms with Crippen LogP contribution in [-0.4, -0.2) is 62.7 Å². The Morgan fingerprint density at radius 3 is 2.00 bits per heavy atom. The molecule has 2 aliphatic rings. The fraction of sp³-hybridized carbons (Fsp3) is 0.538. The van der Waals surface area contributed by atoms with Crippen LogP contribution in [0.3, 0.4) is 0 Å². The topological polar surface area (TPSA) is 52.7 Å². The van der Waals surface area contributed by atoms with Crippen LogP contribution >= 0.6 is 23.2 Å². The third kappa shape index (κ3) is 7.94. The first kappa shape index (κ1) is 25.9. The Morgan fingerprint density at radius 1 is 0.853 bits per heavy atom. The molecule has 2 aromatic rings. The molecule has 34 heavy (non-hydrogen) atoms. The molecule has 5 nitrogen and oxygen atoms in total. The summed E-state index contributed by atoms with van der Waals surface area (Å²) in [7, 11) is -3.07. The van der Waals surface area contributed by atoms with E-state index in [1.54, 1.807) is 0 Å². The largest absolute Gasteiger partial charge is 0.301 e. The molecule has 0 atom stereocenters. The number of hydrogen-bond donors (Lipinski definition) is 1. The van der Waals surface area contributed by atoms with Gasteiger partial charge in [-0.15, -0.1) is 0 Å². The third-order valence-corrected chi connectivity index (χ3v) is 8.65. The maximum atomic E-state index is 12.0. The lowest BCUT2D eigenvalue weighted by Gasteiger charge is -2.40. The quantitative estimate of drug-likeness (QED) is 0.381. The molecule has 1 saturated heterocycles. The average Bonchev–Trinajstić information content (AvgIpc) is 3.61. The number of hydrogen-bond acceptors (Lipinski definition) is 4. The van der Waals surface area contributed by atoms with E-state index in [9.17, 15) is 8.42 Å². The molecule has 0 aromatic heterocycles. The van der Waals surface area contributed by atoms with Gasteiger partial charge in [0.05, 0.1) is 11.8 Å². The van der Waals surface area contributed by atoms with Gasteiger partial charge < -0.3 is 4.90 Å². The van der Waals surface area contributed by atoms with Crippen LogP contribution in [0.5, 0.6) is 0 Å². The molecule has 0 unspecified atom stereocenters. The van der Waals surface area contributed by atoms with Crippen LogP contribution in [0.4, 0.5) is 0 Å². The molecule has 2 fully saturated rings. The lowest BCUT2D eigenvalue weighted by Crippen LogP contribution is -2.48. The Balaban J connectivity index is 1.23. The van der Waals surface area contributed by atoms with Gasteiger partial charge in [0.25, 0.3) is 0 Å². The predicted molar refractivity (Wildman–Crippen MR) is 141 cm³/mol. The molecule has 2 aromatic carbocycles. The van der Waals surface area contributed by atoms with Gasteiger partial charge in [0.2, 0.25) is 10.0 Å². The van der Waals surface area contributed by atoms with E-state index in [1.165, 1.54) is 11.1 Å².